The molecule has 11 heteroatoms. The highest BCUT2D eigenvalue weighted by Crippen LogP contribution is 2.34. The third kappa shape index (κ3) is 3.94. The van der Waals surface area contributed by atoms with Gasteiger partial charge in [0.1, 0.15) is 0 Å². The first-order chi connectivity index (χ1) is 17.6. The summed E-state index contributed by atoms with van der Waals surface area (Å²) in [4.78, 5) is 53.1. The third-order valence-electron chi connectivity index (χ3n) is 6.41. The van der Waals surface area contributed by atoms with Crippen molar-refractivity contribution in [1.82, 2.24) is 24.4 Å². The minimum atomic E-state index is -0.539. The first-order valence-electron chi connectivity index (χ1n) is 11.5. The van der Waals surface area contributed by atoms with Gasteiger partial charge in [-0.15, -0.1) is 0 Å². The minimum absolute atomic E-state index is 0.0601. The number of hydrogen-bond acceptors (Lipinski definition) is 8. The Bertz CT molecular complexity index is 1570. The van der Waals surface area contributed by atoms with Crippen molar-refractivity contribution in [3.63, 3.8) is 0 Å². The van der Waals surface area contributed by atoms with Crippen LogP contribution in [-0.2, 0) is 6.54 Å². The molecule has 0 radical (unpaired) electrons. The zero-order valence-electron chi connectivity index (χ0n) is 19.2. The molecule has 0 bridgehead atoms. The van der Waals surface area contributed by atoms with E-state index >= 15 is 0 Å². The molecule has 0 aliphatic carbocycles. The second-order valence-corrected chi connectivity index (χ2v) is 8.60. The normalized spacial score (nSPS) is 14.9. The molecular formula is C25H22N6O5. The number of nitrogens with zero attached hydrogens (tertiary/aromatic N) is 5. The number of aromatic nitrogens is 4. The van der Waals surface area contributed by atoms with E-state index in [1.807, 2.05) is 6.07 Å². The van der Waals surface area contributed by atoms with Gasteiger partial charge in [0.2, 0.25) is 12.7 Å². The van der Waals surface area contributed by atoms with Crippen molar-refractivity contribution in [3.8, 4) is 11.5 Å². The Morgan fingerprint density at radius 2 is 1.69 bits per heavy atom. The number of rotatable bonds is 4. The Balaban J connectivity index is 1.24. The van der Waals surface area contributed by atoms with Crippen molar-refractivity contribution in [2.45, 2.75) is 6.54 Å². The number of piperazine rings is 1. The number of fused-ring (bicyclic) bond motifs is 2. The molecule has 11 nitrogen and oxygen atoms in total. The number of amides is 1. The van der Waals surface area contributed by atoms with Crippen LogP contribution in [0.4, 0.5) is 5.95 Å². The van der Waals surface area contributed by atoms with Gasteiger partial charge in [-0.25, -0.2) is 14.8 Å². The van der Waals surface area contributed by atoms with Gasteiger partial charge in [-0.05, 0) is 29.8 Å². The highest BCUT2D eigenvalue weighted by atomic mass is 16.7. The lowest BCUT2D eigenvalue weighted by molar-refractivity contribution is 0.0746. The molecule has 0 spiro atoms. The molecule has 1 N–H and O–H groups in total. The second-order valence-electron chi connectivity index (χ2n) is 8.60. The van der Waals surface area contributed by atoms with Crippen LogP contribution in [0, 0.1) is 0 Å². The highest BCUT2D eigenvalue weighted by Gasteiger charge is 2.24. The van der Waals surface area contributed by atoms with E-state index in [0.717, 1.165) is 5.56 Å². The van der Waals surface area contributed by atoms with Crippen LogP contribution in [-0.4, -0.2) is 63.3 Å². The highest BCUT2D eigenvalue weighted by molar-refractivity contribution is 5.94. The predicted octanol–water partition coefficient (Wildman–Crippen LogP) is 1.22. The van der Waals surface area contributed by atoms with Gasteiger partial charge < -0.3 is 19.3 Å². The standard InChI is InChI=1S/C25H22N6O5/c32-22-18-12-20-21(36-15-35-20)13-19(18)31(25(34)28-22)14-16-3-1-4-17(11-16)23(33)29-7-9-30(10-8-29)24-26-5-2-6-27-24/h1-6,11-13H,7-10,14-15H2,(H,28,32,34). The van der Waals surface area contributed by atoms with Crippen molar-refractivity contribution in [3.05, 3.63) is 86.8 Å². The van der Waals surface area contributed by atoms with Crippen molar-refractivity contribution >= 4 is 22.8 Å². The molecule has 0 saturated carbocycles. The van der Waals surface area contributed by atoms with Gasteiger partial charge in [-0.3, -0.25) is 19.1 Å². The lowest BCUT2D eigenvalue weighted by Gasteiger charge is -2.34. The first kappa shape index (κ1) is 21.8. The lowest BCUT2D eigenvalue weighted by Crippen LogP contribution is -2.49. The van der Waals surface area contributed by atoms with Crippen molar-refractivity contribution in [2.75, 3.05) is 37.9 Å². The van der Waals surface area contributed by atoms with E-state index < -0.39 is 11.2 Å². The van der Waals surface area contributed by atoms with Gasteiger partial charge in [0.15, 0.2) is 11.5 Å². The van der Waals surface area contributed by atoms with Crippen LogP contribution in [0.1, 0.15) is 15.9 Å². The average Bonchev–Trinajstić information content (AvgIpc) is 3.38. The molecule has 2 aliphatic rings. The van der Waals surface area contributed by atoms with Gasteiger partial charge in [0.25, 0.3) is 11.5 Å². The van der Waals surface area contributed by atoms with Crippen LogP contribution < -0.4 is 25.6 Å². The molecule has 36 heavy (non-hydrogen) atoms. The lowest BCUT2D eigenvalue weighted by atomic mass is 10.1. The average molecular weight is 486 g/mol. The fourth-order valence-corrected chi connectivity index (χ4v) is 4.57. The molecule has 182 valence electrons. The summed E-state index contributed by atoms with van der Waals surface area (Å²) in [7, 11) is 0. The number of ether oxygens (including phenoxy) is 2. The summed E-state index contributed by atoms with van der Waals surface area (Å²) in [6.45, 7) is 2.63. The number of carbonyl (C=O) groups is 1. The van der Waals surface area contributed by atoms with Crippen LogP contribution in [0.2, 0.25) is 0 Å². The number of benzene rings is 2. The summed E-state index contributed by atoms with van der Waals surface area (Å²) in [5, 5.41) is 0.325. The maximum Gasteiger partial charge on any atom is 0.329 e. The Labute approximate surface area is 204 Å². The van der Waals surface area contributed by atoms with Crippen molar-refractivity contribution in [2.24, 2.45) is 0 Å². The minimum Gasteiger partial charge on any atom is -0.454 e. The molecule has 2 aromatic heterocycles. The molecule has 0 unspecified atom stereocenters. The topological polar surface area (TPSA) is 123 Å². The van der Waals surface area contributed by atoms with Crippen LogP contribution in [0.5, 0.6) is 11.5 Å². The van der Waals surface area contributed by atoms with E-state index in [9.17, 15) is 14.4 Å². The van der Waals surface area contributed by atoms with E-state index in [2.05, 4.69) is 19.9 Å². The Morgan fingerprint density at radius 1 is 0.944 bits per heavy atom. The molecule has 2 aromatic carbocycles. The second kappa shape index (κ2) is 8.84. The molecule has 1 saturated heterocycles. The molecule has 1 fully saturated rings. The Hall–Kier alpha value is -4.67. The molecule has 0 atom stereocenters. The number of aromatic amines is 1. The summed E-state index contributed by atoms with van der Waals surface area (Å²) >= 11 is 0. The van der Waals surface area contributed by atoms with E-state index in [1.54, 1.807) is 53.7 Å². The van der Waals surface area contributed by atoms with Gasteiger partial charge in [0.05, 0.1) is 17.4 Å². The maximum atomic E-state index is 13.2. The largest absolute Gasteiger partial charge is 0.454 e. The molecule has 2 aliphatic heterocycles. The van der Waals surface area contributed by atoms with Crippen molar-refractivity contribution < 1.29 is 14.3 Å². The molecule has 1 amide bonds. The number of nitrogens with one attached hydrogen (secondary N) is 1. The van der Waals surface area contributed by atoms with Gasteiger partial charge in [0, 0.05) is 50.2 Å². The molecule has 4 aromatic rings. The molecular weight excluding hydrogens is 464 g/mol. The third-order valence-corrected chi connectivity index (χ3v) is 6.41. The van der Waals surface area contributed by atoms with Gasteiger partial charge in [-0.1, -0.05) is 12.1 Å². The van der Waals surface area contributed by atoms with E-state index in [1.165, 1.54) is 4.57 Å². The summed E-state index contributed by atoms with van der Waals surface area (Å²) in [5.74, 6) is 1.52. The van der Waals surface area contributed by atoms with Gasteiger partial charge >= 0.3 is 5.69 Å². The predicted molar refractivity (Wildman–Crippen MR) is 131 cm³/mol. The Morgan fingerprint density at radius 3 is 2.47 bits per heavy atom. The maximum absolute atomic E-state index is 13.2. The van der Waals surface area contributed by atoms with Crippen LogP contribution >= 0.6 is 0 Å². The molecule has 6 rings (SSSR count). The quantitative estimate of drug-likeness (QED) is 0.457. The Kier molecular flexibility index (Phi) is 5.36. The van der Waals surface area contributed by atoms with Crippen LogP contribution in [0.25, 0.3) is 10.9 Å². The SMILES string of the molecule is O=C(c1cccc(Cn2c(=O)[nH]c(=O)c3cc4c(cc32)OCO4)c1)N1CCN(c2ncccn2)CC1. The summed E-state index contributed by atoms with van der Waals surface area (Å²) in [5.41, 5.74) is 0.696. The summed E-state index contributed by atoms with van der Waals surface area (Å²) < 4.78 is 12.3. The first-order valence-corrected chi connectivity index (χ1v) is 11.5. The van der Waals surface area contributed by atoms with E-state index in [4.69, 9.17) is 9.47 Å². The fraction of sp³-hybridized carbons (Fsp3) is 0.240. The zero-order chi connectivity index (χ0) is 24.6. The zero-order valence-corrected chi connectivity index (χ0v) is 19.2. The van der Waals surface area contributed by atoms with Crippen molar-refractivity contribution in [1.29, 1.82) is 0 Å². The van der Waals surface area contributed by atoms with E-state index in [0.29, 0.717) is 60.1 Å². The summed E-state index contributed by atoms with van der Waals surface area (Å²) in [6, 6.07) is 12.2. The number of anilines is 1. The fourth-order valence-electron chi connectivity index (χ4n) is 4.57. The summed E-state index contributed by atoms with van der Waals surface area (Å²) in [6.07, 6.45) is 3.41. The van der Waals surface area contributed by atoms with Crippen LogP contribution in [0.3, 0.4) is 0 Å². The monoisotopic (exact) mass is 486 g/mol. The van der Waals surface area contributed by atoms with E-state index in [-0.39, 0.29) is 19.2 Å². The number of hydrogen-bond donors (Lipinski definition) is 1. The number of carbonyl (C=O) groups excluding carboxylic acids is 1. The van der Waals surface area contributed by atoms with Crippen LogP contribution in [0.15, 0.2) is 64.4 Å². The van der Waals surface area contributed by atoms with Gasteiger partial charge in [-0.2, -0.15) is 0 Å². The smallest absolute Gasteiger partial charge is 0.329 e. The molecule has 4 heterocycles. The number of H-pyrrole nitrogens is 1.